The summed E-state index contributed by atoms with van der Waals surface area (Å²) in [4.78, 5) is 11.0. The molecule has 0 amide bonds. The van der Waals surface area contributed by atoms with E-state index in [2.05, 4.69) is 12.2 Å². The Morgan fingerprint density at radius 2 is 2.47 bits per heavy atom. The molecule has 1 unspecified atom stereocenters. The highest BCUT2D eigenvalue weighted by Crippen LogP contribution is 2.18. The van der Waals surface area contributed by atoms with Crippen molar-refractivity contribution in [2.45, 2.75) is 51.1 Å². The van der Waals surface area contributed by atoms with Crippen molar-refractivity contribution in [3.8, 4) is 0 Å². The van der Waals surface area contributed by atoms with Gasteiger partial charge in [0.05, 0.1) is 0 Å². The van der Waals surface area contributed by atoms with Crippen LogP contribution in [0.5, 0.6) is 0 Å². The molecule has 0 saturated carbocycles. The number of aliphatic carboxylic acids is 1. The second-order valence-corrected chi connectivity index (χ2v) is 5.26. The molecule has 0 aromatic rings. The van der Waals surface area contributed by atoms with Crippen LogP contribution in [0.15, 0.2) is 0 Å². The molecule has 1 fully saturated rings. The van der Waals surface area contributed by atoms with Gasteiger partial charge in [-0.05, 0) is 25.0 Å². The van der Waals surface area contributed by atoms with Gasteiger partial charge in [0, 0.05) is 11.8 Å². The summed E-state index contributed by atoms with van der Waals surface area (Å²) in [6.07, 6.45) is 5.15. The molecule has 0 bridgehead atoms. The van der Waals surface area contributed by atoms with Crippen LogP contribution >= 0.6 is 11.8 Å². The van der Waals surface area contributed by atoms with Gasteiger partial charge < -0.3 is 10.4 Å². The fourth-order valence-corrected chi connectivity index (χ4v) is 2.93. The zero-order chi connectivity index (χ0) is 11.1. The van der Waals surface area contributed by atoms with Crippen LogP contribution < -0.4 is 5.32 Å². The SMILES string of the molecule is CCCC[C@H](NC1CCCSC1)C(=O)O. The van der Waals surface area contributed by atoms with E-state index in [4.69, 9.17) is 5.11 Å². The van der Waals surface area contributed by atoms with Gasteiger partial charge in [0.1, 0.15) is 6.04 Å². The number of carbonyl (C=O) groups is 1. The Labute approximate surface area is 96.0 Å². The van der Waals surface area contributed by atoms with Crippen LogP contribution in [-0.4, -0.2) is 34.7 Å². The van der Waals surface area contributed by atoms with Crippen LogP contribution in [0.3, 0.4) is 0 Å². The minimum Gasteiger partial charge on any atom is -0.480 e. The Kier molecular flexibility index (Phi) is 6.10. The van der Waals surface area contributed by atoms with E-state index in [1.165, 1.54) is 12.2 Å². The molecular formula is C11H21NO2S. The number of hydrogen-bond donors (Lipinski definition) is 2. The number of hydrogen-bond acceptors (Lipinski definition) is 3. The van der Waals surface area contributed by atoms with Gasteiger partial charge >= 0.3 is 5.97 Å². The van der Waals surface area contributed by atoms with Gasteiger partial charge in [-0.25, -0.2) is 0 Å². The second-order valence-electron chi connectivity index (χ2n) is 4.11. The molecule has 2 N–H and O–H groups in total. The van der Waals surface area contributed by atoms with E-state index >= 15 is 0 Å². The molecular weight excluding hydrogens is 210 g/mol. The maximum absolute atomic E-state index is 11.0. The summed E-state index contributed by atoms with van der Waals surface area (Å²) in [5.41, 5.74) is 0. The first-order valence-electron chi connectivity index (χ1n) is 5.80. The van der Waals surface area contributed by atoms with E-state index < -0.39 is 5.97 Å². The standard InChI is InChI=1S/C11H21NO2S/c1-2-3-6-10(11(13)14)12-9-5-4-7-15-8-9/h9-10,12H,2-8H2,1H3,(H,13,14)/t9?,10-/m0/s1. The average molecular weight is 231 g/mol. The Balaban J connectivity index is 2.31. The number of nitrogens with one attached hydrogen (secondary N) is 1. The molecule has 1 aliphatic rings. The fraction of sp³-hybridized carbons (Fsp3) is 0.909. The lowest BCUT2D eigenvalue weighted by atomic mass is 10.1. The fourth-order valence-electron chi connectivity index (χ4n) is 1.84. The van der Waals surface area contributed by atoms with Crippen molar-refractivity contribution in [1.82, 2.24) is 5.32 Å². The van der Waals surface area contributed by atoms with Gasteiger partial charge in [-0.15, -0.1) is 0 Å². The predicted molar refractivity (Wildman–Crippen MR) is 64.4 cm³/mol. The molecule has 0 aliphatic carbocycles. The van der Waals surface area contributed by atoms with Gasteiger partial charge in [-0.2, -0.15) is 11.8 Å². The summed E-state index contributed by atoms with van der Waals surface area (Å²) < 4.78 is 0. The van der Waals surface area contributed by atoms with E-state index in [0.717, 1.165) is 31.4 Å². The summed E-state index contributed by atoms with van der Waals surface area (Å²) in [5.74, 6) is 1.60. The van der Waals surface area contributed by atoms with Crippen LogP contribution in [-0.2, 0) is 4.79 Å². The molecule has 3 nitrogen and oxygen atoms in total. The summed E-state index contributed by atoms with van der Waals surface area (Å²) in [6.45, 7) is 2.09. The van der Waals surface area contributed by atoms with Gasteiger partial charge in [0.25, 0.3) is 0 Å². The Bertz CT molecular complexity index is 193. The molecule has 0 radical (unpaired) electrons. The van der Waals surface area contributed by atoms with Crippen molar-refractivity contribution >= 4 is 17.7 Å². The quantitative estimate of drug-likeness (QED) is 0.735. The van der Waals surface area contributed by atoms with Crippen molar-refractivity contribution in [2.75, 3.05) is 11.5 Å². The number of carboxylic acids is 1. The largest absolute Gasteiger partial charge is 0.480 e. The Morgan fingerprint density at radius 3 is 3.00 bits per heavy atom. The Morgan fingerprint density at radius 1 is 1.67 bits per heavy atom. The van der Waals surface area contributed by atoms with Gasteiger partial charge in [0.15, 0.2) is 0 Å². The molecule has 1 rings (SSSR count). The second kappa shape index (κ2) is 7.12. The van der Waals surface area contributed by atoms with Crippen LogP contribution in [0.25, 0.3) is 0 Å². The molecule has 88 valence electrons. The van der Waals surface area contributed by atoms with Crippen LogP contribution in [0.2, 0.25) is 0 Å². The third kappa shape index (κ3) is 4.89. The predicted octanol–water partition coefficient (Wildman–Crippen LogP) is 2.11. The van der Waals surface area contributed by atoms with E-state index in [9.17, 15) is 4.79 Å². The first kappa shape index (κ1) is 12.8. The highest BCUT2D eigenvalue weighted by atomic mass is 32.2. The van der Waals surface area contributed by atoms with Gasteiger partial charge in [-0.3, -0.25) is 4.79 Å². The maximum Gasteiger partial charge on any atom is 0.320 e. The molecule has 1 aliphatic heterocycles. The zero-order valence-electron chi connectivity index (χ0n) is 9.37. The smallest absolute Gasteiger partial charge is 0.320 e. The molecule has 0 aromatic carbocycles. The normalized spacial score (nSPS) is 23.7. The lowest BCUT2D eigenvalue weighted by Gasteiger charge is -2.26. The highest BCUT2D eigenvalue weighted by molar-refractivity contribution is 7.99. The van der Waals surface area contributed by atoms with Crippen molar-refractivity contribution in [3.05, 3.63) is 0 Å². The van der Waals surface area contributed by atoms with E-state index in [1.807, 2.05) is 11.8 Å². The molecule has 2 atom stereocenters. The van der Waals surface area contributed by atoms with Crippen molar-refractivity contribution in [2.24, 2.45) is 0 Å². The monoisotopic (exact) mass is 231 g/mol. The first-order valence-corrected chi connectivity index (χ1v) is 6.96. The molecule has 15 heavy (non-hydrogen) atoms. The lowest BCUT2D eigenvalue weighted by molar-refractivity contribution is -0.139. The van der Waals surface area contributed by atoms with Gasteiger partial charge in [0.2, 0.25) is 0 Å². The van der Waals surface area contributed by atoms with Crippen LogP contribution in [0.1, 0.15) is 39.0 Å². The maximum atomic E-state index is 11.0. The third-order valence-corrected chi connectivity index (χ3v) is 3.96. The molecule has 4 heteroatoms. The van der Waals surface area contributed by atoms with Crippen LogP contribution in [0, 0.1) is 0 Å². The highest BCUT2D eigenvalue weighted by Gasteiger charge is 2.22. The van der Waals surface area contributed by atoms with E-state index in [0.29, 0.717) is 6.04 Å². The number of rotatable bonds is 6. The molecule has 0 aromatic heterocycles. The summed E-state index contributed by atoms with van der Waals surface area (Å²) in [7, 11) is 0. The van der Waals surface area contributed by atoms with Crippen LogP contribution in [0.4, 0.5) is 0 Å². The molecule has 1 saturated heterocycles. The van der Waals surface area contributed by atoms with Crippen molar-refractivity contribution < 1.29 is 9.90 Å². The summed E-state index contributed by atoms with van der Waals surface area (Å²) in [5, 5.41) is 12.3. The zero-order valence-corrected chi connectivity index (χ0v) is 10.2. The lowest BCUT2D eigenvalue weighted by Crippen LogP contribution is -2.45. The van der Waals surface area contributed by atoms with Crippen molar-refractivity contribution in [1.29, 1.82) is 0 Å². The van der Waals surface area contributed by atoms with Gasteiger partial charge in [-0.1, -0.05) is 19.8 Å². The summed E-state index contributed by atoms with van der Waals surface area (Å²) in [6, 6.07) is 0.0651. The first-order chi connectivity index (χ1) is 7.24. The number of thioether (sulfide) groups is 1. The summed E-state index contributed by atoms with van der Waals surface area (Å²) >= 11 is 1.93. The minimum atomic E-state index is -0.695. The third-order valence-electron chi connectivity index (χ3n) is 2.74. The molecule has 1 heterocycles. The van der Waals surface area contributed by atoms with Crippen molar-refractivity contribution in [3.63, 3.8) is 0 Å². The number of unbranched alkanes of at least 4 members (excludes halogenated alkanes) is 1. The number of carboxylic acid groups (broad SMARTS) is 1. The average Bonchev–Trinajstić information content (AvgIpc) is 2.25. The van der Waals surface area contributed by atoms with E-state index in [-0.39, 0.29) is 6.04 Å². The van der Waals surface area contributed by atoms with E-state index in [1.54, 1.807) is 0 Å². The minimum absolute atomic E-state index is 0.339. The molecule has 0 spiro atoms. The topological polar surface area (TPSA) is 49.3 Å². The Hall–Kier alpha value is -0.220.